The highest BCUT2D eigenvalue weighted by atomic mass is 19.1. The molecule has 0 fully saturated rings. The Morgan fingerprint density at radius 1 is 1.57 bits per heavy atom. The van der Waals surface area contributed by atoms with E-state index in [9.17, 15) is 4.39 Å². The van der Waals surface area contributed by atoms with Gasteiger partial charge >= 0.3 is 0 Å². The van der Waals surface area contributed by atoms with E-state index in [2.05, 4.69) is 24.1 Å². The molecule has 1 heterocycles. The Morgan fingerprint density at radius 3 is 2.79 bits per heavy atom. The van der Waals surface area contributed by atoms with E-state index in [1.807, 2.05) is 7.05 Å². The van der Waals surface area contributed by atoms with Gasteiger partial charge in [0, 0.05) is 6.20 Å². The summed E-state index contributed by atoms with van der Waals surface area (Å²) in [5.41, 5.74) is 0.518. The van der Waals surface area contributed by atoms with Gasteiger partial charge in [-0.15, -0.1) is 0 Å². The summed E-state index contributed by atoms with van der Waals surface area (Å²) in [6, 6.07) is 3.07. The van der Waals surface area contributed by atoms with E-state index in [4.69, 9.17) is 0 Å². The monoisotopic (exact) mass is 196 g/mol. The van der Waals surface area contributed by atoms with Gasteiger partial charge in [0.25, 0.3) is 0 Å². The van der Waals surface area contributed by atoms with Gasteiger partial charge < -0.3 is 5.32 Å². The first-order valence-electron chi connectivity index (χ1n) is 4.98. The molecule has 0 aliphatic carbocycles. The van der Waals surface area contributed by atoms with Gasteiger partial charge in [-0.05, 0) is 25.1 Å². The molecule has 0 aliphatic heterocycles. The molecule has 0 saturated carbocycles. The average Bonchev–Trinajstić information content (AvgIpc) is 2.21. The lowest BCUT2D eigenvalue weighted by atomic mass is 9.96. The predicted molar refractivity (Wildman–Crippen MR) is 55.5 cm³/mol. The van der Waals surface area contributed by atoms with Gasteiger partial charge in [0.05, 0.1) is 11.7 Å². The lowest BCUT2D eigenvalue weighted by molar-refractivity contribution is 0.378. The van der Waals surface area contributed by atoms with Crippen LogP contribution < -0.4 is 5.32 Å². The van der Waals surface area contributed by atoms with E-state index in [1.165, 1.54) is 6.07 Å². The van der Waals surface area contributed by atoms with Gasteiger partial charge in [-0.3, -0.25) is 4.98 Å². The van der Waals surface area contributed by atoms with Crippen molar-refractivity contribution in [2.24, 2.45) is 5.92 Å². The van der Waals surface area contributed by atoms with Gasteiger partial charge in [-0.25, -0.2) is 4.39 Å². The van der Waals surface area contributed by atoms with E-state index >= 15 is 0 Å². The minimum absolute atomic E-state index is 0.00111. The number of nitrogens with zero attached hydrogens (tertiary/aromatic N) is 1. The number of aromatic nitrogens is 1. The molecule has 2 nitrogen and oxygen atoms in total. The SMILES string of the molecule is CCC(C)C(NC)c1ncccc1F. The van der Waals surface area contributed by atoms with Gasteiger partial charge in [-0.1, -0.05) is 20.3 Å². The van der Waals surface area contributed by atoms with Crippen LogP contribution in [0, 0.1) is 11.7 Å². The Balaban J connectivity index is 2.94. The van der Waals surface area contributed by atoms with Gasteiger partial charge in [0.2, 0.25) is 0 Å². The molecule has 2 unspecified atom stereocenters. The van der Waals surface area contributed by atoms with Crippen LogP contribution in [0.25, 0.3) is 0 Å². The van der Waals surface area contributed by atoms with Crippen LogP contribution in [0.5, 0.6) is 0 Å². The van der Waals surface area contributed by atoms with Crippen molar-refractivity contribution >= 4 is 0 Å². The molecule has 0 radical (unpaired) electrons. The Hall–Kier alpha value is -0.960. The highest BCUT2D eigenvalue weighted by Crippen LogP contribution is 2.23. The fourth-order valence-corrected chi connectivity index (χ4v) is 1.55. The molecule has 1 N–H and O–H groups in total. The smallest absolute Gasteiger partial charge is 0.146 e. The fourth-order valence-electron chi connectivity index (χ4n) is 1.55. The van der Waals surface area contributed by atoms with E-state index < -0.39 is 0 Å². The molecule has 3 heteroatoms. The summed E-state index contributed by atoms with van der Waals surface area (Å²) in [7, 11) is 1.84. The maximum absolute atomic E-state index is 13.4. The first-order valence-corrected chi connectivity index (χ1v) is 4.98. The Bertz CT molecular complexity index is 288. The van der Waals surface area contributed by atoms with E-state index in [-0.39, 0.29) is 11.9 Å². The van der Waals surface area contributed by atoms with E-state index in [1.54, 1.807) is 12.3 Å². The maximum Gasteiger partial charge on any atom is 0.146 e. The second kappa shape index (κ2) is 5.05. The standard InChI is InChI=1S/C11H17FN2/c1-4-8(2)10(13-3)11-9(12)6-5-7-14-11/h5-8,10,13H,4H2,1-3H3. The number of hydrogen-bond acceptors (Lipinski definition) is 2. The van der Waals surface area contributed by atoms with Crippen LogP contribution >= 0.6 is 0 Å². The van der Waals surface area contributed by atoms with Crippen LogP contribution in [-0.2, 0) is 0 Å². The van der Waals surface area contributed by atoms with Gasteiger partial charge in [-0.2, -0.15) is 0 Å². The zero-order valence-corrected chi connectivity index (χ0v) is 8.92. The molecule has 0 amide bonds. The molecule has 0 bridgehead atoms. The minimum Gasteiger partial charge on any atom is -0.311 e. The number of rotatable bonds is 4. The fraction of sp³-hybridized carbons (Fsp3) is 0.545. The molecule has 0 aliphatic rings. The molecule has 1 aromatic rings. The summed E-state index contributed by atoms with van der Waals surface area (Å²) < 4.78 is 13.4. The molecule has 1 rings (SSSR count). The predicted octanol–water partition coefficient (Wildman–Crippen LogP) is 2.53. The summed E-state index contributed by atoms with van der Waals surface area (Å²) in [5.74, 6) is 0.150. The Labute approximate surface area is 84.6 Å². The molecule has 78 valence electrons. The van der Waals surface area contributed by atoms with Gasteiger partial charge in [0.1, 0.15) is 5.82 Å². The van der Waals surface area contributed by atoms with Crippen molar-refractivity contribution < 1.29 is 4.39 Å². The third-order valence-electron chi connectivity index (χ3n) is 2.61. The second-order valence-electron chi connectivity index (χ2n) is 3.52. The van der Waals surface area contributed by atoms with Crippen LogP contribution in [0.3, 0.4) is 0 Å². The molecule has 0 saturated heterocycles. The first-order chi connectivity index (χ1) is 6.70. The van der Waals surface area contributed by atoms with Crippen molar-refractivity contribution in [3.8, 4) is 0 Å². The summed E-state index contributed by atoms with van der Waals surface area (Å²) in [6.45, 7) is 4.19. The zero-order valence-electron chi connectivity index (χ0n) is 8.92. The quantitative estimate of drug-likeness (QED) is 0.800. The number of pyridine rings is 1. The van der Waals surface area contributed by atoms with Crippen molar-refractivity contribution in [3.63, 3.8) is 0 Å². The van der Waals surface area contributed by atoms with Crippen molar-refractivity contribution in [2.75, 3.05) is 7.05 Å². The van der Waals surface area contributed by atoms with Crippen LogP contribution in [0.1, 0.15) is 32.0 Å². The van der Waals surface area contributed by atoms with Gasteiger partial charge in [0.15, 0.2) is 0 Å². The van der Waals surface area contributed by atoms with Crippen molar-refractivity contribution in [2.45, 2.75) is 26.3 Å². The topological polar surface area (TPSA) is 24.9 Å². The third kappa shape index (κ3) is 2.29. The van der Waals surface area contributed by atoms with Crippen LogP contribution in [-0.4, -0.2) is 12.0 Å². The van der Waals surface area contributed by atoms with Crippen molar-refractivity contribution in [3.05, 3.63) is 29.8 Å². The van der Waals surface area contributed by atoms with Crippen LogP contribution in [0.2, 0.25) is 0 Å². The summed E-state index contributed by atoms with van der Waals surface area (Å²) >= 11 is 0. The minimum atomic E-state index is -0.229. The summed E-state index contributed by atoms with van der Waals surface area (Å²) in [6.07, 6.45) is 2.63. The van der Waals surface area contributed by atoms with E-state index in [0.29, 0.717) is 11.6 Å². The zero-order chi connectivity index (χ0) is 10.6. The van der Waals surface area contributed by atoms with Crippen molar-refractivity contribution in [1.82, 2.24) is 10.3 Å². The van der Waals surface area contributed by atoms with Crippen molar-refractivity contribution in [1.29, 1.82) is 0 Å². The second-order valence-corrected chi connectivity index (χ2v) is 3.52. The highest BCUT2D eigenvalue weighted by molar-refractivity contribution is 5.12. The van der Waals surface area contributed by atoms with Crippen LogP contribution in [0.15, 0.2) is 18.3 Å². The Kier molecular flexibility index (Phi) is 4.01. The normalized spacial score (nSPS) is 15.1. The summed E-state index contributed by atoms with van der Waals surface area (Å²) in [5, 5.41) is 3.11. The van der Waals surface area contributed by atoms with E-state index in [0.717, 1.165) is 6.42 Å². The molecule has 0 spiro atoms. The number of nitrogens with one attached hydrogen (secondary N) is 1. The lowest BCUT2D eigenvalue weighted by Crippen LogP contribution is -2.25. The average molecular weight is 196 g/mol. The first kappa shape index (κ1) is 11.1. The Morgan fingerprint density at radius 2 is 2.29 bits per heavy atom. The molecule has 2 atom stereocenters. The largest absolute Gasteiger partial charge is 0.311 e. The molecular formula is C11H17FN2. The molecule has 14 heavy (non-hydrogen) atoms. The highest BCUT2D eigenvalue weighted by Gasteiger charge is 2.20. The number of halogens is 1. The molecular weight excluding hydrogens is 179 g/mol. The lowest BCUT2D eigenvalue weighted by Gasteiger charge is -2.22. The number of hydrogen-bond donors (Lipinski definition) is 1. The molecule has 0 aromatic carbocycles. The third-order valence-corrected chi connectivity index (χ3v) is 2.61. The van der Waals surface area contributed by atoms with Crippen LogP contribution in [0.4, 0.5) is 4.39 Å². The summed E-state index contributed by atoms with van der Waals surface area (Å²) in [4.78, 5) is 4.08. The maximum atomic E-state index is 13.4. The molecule has 1 aromatic heterocycles.